The summed E-state index contributed by atoms with van der Waals surface area (Å²) in [5.41, 5.74) is 4.46. The molecule has 3 aromatic carbocycles. The molecule has 3 aliphatic rings. The standard InChI is InChI=1S/C44H53N5O9/c50-36(18-24-55-26-25-54-22-5-10-33-13-14-39(45-53)43-42(33)46-58-47-43)11-6-23-56-38-12-4-9-34(28-38)41(31-7-2-1-3-8-31)32-15-19-48(20-16-32)44(52)49-21-17-40-35(29-49)27-37(51)30-57-40/h1-4,7-9,12-14,28,32,35,40-41H,5-6,10-11,15-27,29-30H2/t35-,40+,41+/m1/s1. The maximum atomic E-state index is 13.6. The molecule has 14 heteroatoms. The third-order valence-corrected chi connectivity index (χ3v) is 11.6. The first-order chi connectivity index (χ1) is 28.5. The fraction of sp³-hybridized carbons (Fsp3) is 0.523. The second-order valence-corrected chi connectivity index (χ2v) is 15.5. The smallest absolute Gasteiger partial charge is 0.320 e. The van der Waals surface area contributed by atoms with Gasteiger partial charge in [0.25, 0.3) is 0 Å². The minimum absolute atomic E-state index is 0.0778. The van der Waals surface area contributed by atoms with Gasteiger partial charge in [0, 0.05) is 63.9 Å². The van der Waals surface area contributed by atoms with Crippen molar-refractivity contribution in [3.63, 3.8) is 0 Å². The monoisotopic (exact) mass is 795 g/mol. The molecule has 4 aromatic rings. The zero-order valence-electron chi connectivity index (χ0n) is 33.0. The average molecular weight is 796 g/mol. The van der Waals surface area contributed by atoms with Gasteiger partial charge in [0.05, 0.1) is 32.5 Å². The van der Waals surface area contributed by atoms with E-state index >= 15 is 0 Å². The number of Topliss-reactive ketones (excluding diaryl/α,β-unsaturated/α-hetero) is 2. The van der Waals surface area contributed by atoms with Gasteiger partial charge in [-0.2, -0.15) is 0 Å². The molecule has 7 rings (SSSR count). The highest BCUT2D eigenvalue weighted by Gasteiger charge is 2.39. The molecule has 3 saturated heterocycles. The van der Waals surface area contributed by atoms with Crippen LogP contribution in [-0.2, 0) is 30.2 Å². The van der Waals surface area contributed by atoms with Crippen LogP contribution in [0.2, 0.25) is 0 Å². The lowest BCUT2D eigenvalue weighted by Gasteiger charge is -2.43. The van der Waals surface area contributed by atoms with Crippen LogP contribution in [0.1, 0.15) is 74.0 Å². The molecule has 308 valence electrons. The zero-order valence-corrected chi connectivity index (χ0v) is 33.0. The van der Waals surface area contributed by atoms with Crippen molar-refractivity contribution in [3.05, 3.63) is 88.3 Å². The predicted octanol–water partition coefficient (Wildman–Crippen LogP) is 7.05. The molecule has 0 aliphatic carbocycles. The molecule has 0 saturated carbocycles. The predicted molar refractivity (Wildman–Crippen MR) is 215 cm³/mol. The van der Waals surface area contributed by atoms with Gasteiger partial charge in [0.15, 0.2) is 11.3 Å². The van der Waals surface area contributed by atoms with Crippen LogP contribution >= 0.6 is 0 Å². The number of rotatable bonds is 19. The van der Waals surface area contributed by atoms with Crippen LogP contribution in [0.15, 0.2) is 76.5 Å². The lowest BCUT2D eigenvalue weighted by Crippen LogP contribution is -2.54. The highest BCUT2D eigenvalue weighted by Crippen LogP contribution is 2.39. The number of benzene rings is 3. The fourth-order valence-corrected chi connectivity index (χ4v) is 8.61. The van der Waals surface area contributed by atoms with E-state index in [9.17, 15) is 19.3 Å². The summed E-state index contributed by atoms with van der Waals surface area (Å²) in [6.07, 6.45) is 5.99. The Morgan fingerprint density at radius 3 is 2.41 bits per heavy atom. The number of ketones is 2. The summed E-state index contributed by atoms with van der Waals surface area (Å²) in [5.74, 6) is 1.66. The second kappa shape index (κ2) is 20.6. The average Bonchev–Trinajstić information content (AvgIpc) is 3.76. The molecule has 58 heavy (non-hydrogen) atoms. The molecule has 0 bridgehead atoms. The number of carbonyl (C=O) groups is 3. The van der Waals surface area contributed by atoms with E-state index in [0.29, 0.717) is 108 Å². The molecule has 0 radical (unpaired) electrons. The molecule has 0 unspecified atom stereocenters. The van der Waals surface area contributed by atoms with Gasteiger partial charge in [0.2, 0.25) is 0 Å². The minimum atomic E-state index is 0.0778. The SMILES string of the molecule is O=Nc1ccc(CCCOCCOCCC(=O)CCCOc2cccc([C@@H](c3ccccc3)C3CCN(C(=O)N4CC[C@@H]5OCC(=O)C[C@@H]5C4)CC3)c2)c2nonc12. The normalized spacial score (nSPS) is 19.2. The second-order valence-electron chi connectivity index (χ2n) is 15.5. The Balaban J connectivity index is 0.793. The molecule has 3 atom stereocenters. The van der Waals surface area contributed by atoms with Crippen LogP contribution in [0.3, 0.4) is 0 Å². The largest absolute Gasteiger partial charge is 0.494 e. The van der Waals surface area contributed by atoms with Crippen LogP contribution in [0.5, 0.6) is 5.75 Å². The van der Waals surface area contributed by atoms with Crippen molar-refractivity contribution in [1.82, 2.24) is 20.1 Å². The summed E-state index contributed by atoms with van der Waals surface area (Å²) in [4.78, 5) is 52.9. The molecule has 3 aliphatic heterocycles. The van der Waals surface area contributed by atoms with Gasteiger partial charge in [0.1, 0.15) is 29.3 Å². The van der Waals surface area contributed by atoms with E-state index in [1.807, 2.05) is 28.0 Å². The quantitative estimate of drug-likeness (QED) is 0.0706. The Labute approximate surface area is 338 Å². The highest BCUT2D eigenvalue weighted by molar-refractivity contribution is 5.87. The van der Waals surface area contributed by atoms with E-state index < -0.39 is 0 Å². The molecular formula is C44H53N5O9. The number of carbonyl (C=O) groups excluding carboxylic acids is 3. The van der Waals surface area contributed by atoms with Gasteiger partial charge in [-0.25, -0.2) is 9.42 Å². The number of hydrogen-bond acceptors (Lipinski definition) is 12. The number of nitrogens with zero attached hydrogens (tertiary/aromatic N) is 5. The van der Waals surface area contributed by atoms with E-state index in [1.54, 1.807) is 12.1 Å². The number of amides is 2. The van der Waals surface area contributed by atoms with Crippen LogP contribution in [0.4, 0.5) is 10.5 Å². The van der Waals surface area contributed by atoms with Crippen LogP contribution in [-0.4, -0.2) is 110 Å². The van der Waals surface area contributed by atoms with Crippen molar-refractivity contribution in [3.8, 4) is 5.75 Å². The van der Waals surface area contributed by atoms with E-state index in [4.69, 9.17) is 23.6 Å². The van der Waals surface area contributed by atoms with Gasteiger partial charge in [-0.15, -0.1) is 4.91 Å². The van der Waals surface area contributed by atoms with Crippen molar-refractivity contribution >= 4 is 34.3 Å². The highest BCUT2D eigenvalue weighted by atomic mass is 16.6. The molecule has 4 heterocycles. The Morgan fingerprint density at radius 1 is 0.810 bits per heavy atom. The van der Waals surface area contributed by atoms with Crippen LogP contribution in [0, 0.1) is 16.7 Å². The summed E-state index contributed by atoms with van der Waals surface area (Å²) in [6.45, 7) is 5.02. The number of nitroso groups, excluding NO2 is 1. The first kappa shape index (κ1) is 41.1. The van der Waals surface area contributed by atoms with Gasteiger partial charge in [-0.1, -0.05) is 48.5 Å². The van der Waals surface area contributed by atoms with Gasteiger partial charge in [-0.05, 0) is 94.8 Å². The Bertz CT molecular complexity index is 1980. The third kappa shape index (κ3) is 10.7. The number of fused-ring (bicyclic) bond motifs is 2. The van der Waals surface area contributed by atoms with Crippen molar-refractivity contribution < 1.29 is 38.0 Å². The molecule has 3 fully saturated rings. The summed E-state index contributed by atoms with van der Waals surface area (Å²) >= 11 is 0. The van der Waals surface area contributed by atoms with Crippen LogP contribution < -0.4 is 4.74 Å². The van der Waals surface area contributed by atoms with Gasteiger partial charge in [-0.3, -0.25) is 9.59 Å². The van der Waals surface area contributed by atoms with E-state index in [2.05, 4.69) is 51.9 Å². The molecular weight excluding hydrogens is 743 g/mol. The van der Waals surface area contributed by atoms with Gasteiger partial charge >= 0.3 is 6.03 Å². The molecule has 14 nitrogen and oxygen atoms in total. The van der Waals surface area contributed by atoms with Crippen molar-refractivity contribution in [2.75, 3.05) is 65.8 Å². The Morgan fingerprint density at radius 2 is 1.59 bits per heavy atom. The molecule has 0 N–H and O–H groups in total. The number of aromatic nitrogens is 2. The Kier molecular flexibility index (Phi) is 14.6. The molecule has 0 spiro atoms. The molecule has 1 aromatic heterocycles. The first-order valence-electron chi connectivity index (χ1n) is 20.7. The lowest BCUT2D eigenvalue weighted by atomic mass is 9.76. The maximum Gasteiger partial charge on any atom is 0.320 e. The zero-order chi connectivity index (χ0) is 40.1. The Hall–Kier alpha value is -5.05. The van der Waals surface area contributed by atoms with Gasteiger partial charge < -0.3 is 28.7 Å². The van der Waals surface area contributed by atoms with E-state index in [0.717, 1.165) is 37.0 Å². The number of ether oxygens (including phenoxy) is 4. The summed E-state index contributed by atoms with van der Waals surface area (Å²) in [7, 11) is 0. The van der Waals surface area contributed by atoms with Crippen molar-refractivity contribution in [2.45, 2.75) is 69.8 Å². The first-order valence-corrected chi connectivity index (χ1v) is 20.7. The number of likely N-dealkylation sites (tertiary alicyclic amines) is 2. The fourth-order valence-electron chi connectivity index (χ4n) is 8.61. The van der Waals surface area contributed by atoms with Crippen LogP contribution in [0.25, 0.3) is 11.0 Å². The number of urea groups is 1. The summed E-state index contributed by atoms with van der Waals surface area (Å²) < 4.78 is 28.0. The molecule has 2 amide bonds. The topological polar surface area (TPSA) is 163 Å². The van der Waals surface area contributed by atoms with E-state index in [-0.39, 0.29) is 47.8 Å². The number of piperidine rings is 2. The van der Waals surface area contributed by atoms with E-state index in [1.165, 1.54) is 11.1 Å². The minimum Gasteiger partial charge on any atom is -0.494 e. The third-order valence-electron chi connectivity index (χ3n) is 11.6. The maximum absolute atomic E-state index is 13.6. The lowest BCUT2D eigenvalue weighted by molar-refractivity contribution is -0.140. The van der Waals surface area contributed by atoms with Crippen molar-refractivity contribution in [1.29, 1.82) is 0 Å². The van der Waals surface area contributed by atoms with Crippen molar-refractivity contribution in [2.24, 2.45) is 17.0 Å². The number of aryl methyl sites for hydroxylation is 1. The summed E-state index contributed by atoms with van der Waals surface area (Å²) in [6, 6.07) is 22.4. The summed E-state index contributed by atoms with van der Waals surface area (Å²) in [5, 5.41) is 10.6. The number of hydrogen-bond donors (Lipinski definition) is 0.